The fraction of sp³-hybridized carbons (Fsp3) is 0.458. The molecule has 2 unspecified atom stereocenters. The predicted molar refractivity (Wildman–Crippen MR) is 135 cm³/mol. The summed E-state index contributed by atoms with van der Waals surface area (Å²) in [6.07, 6.45) is 2.14. The van der Waals surface area contributed by atoms with Crippen molar-refractivity contribution in [3.8, 4) is 0 Å². The number of urea groups is 1. The number of carbonyl (C=O) groups excluding carboxylic acids is 2. The van der Waals surface area contributed by atoms with Gasteiger partial charge in [-0.3, -0.25) is 4.79 Å². The van der Waals surface area contributed by atoms with Crippen LogP contribution in [0.1, 0.15) is 53.1 Å². The summed E-state index contributed by atoms with van der Waals surface area (Å²) in [5, 5.41) is 6.92. The fourth-order valence-electron chi connectivity index (χ4n) is 4.61. The lowest BCUT2D eigenvalue weighted by molar-refractivity contribution is 0.0928. The Morgan fingerprint density at radius 1 is 1.11 bits per heavy atom. The summed E-state index contributed by atoms with van der Waals surface area (Å²) in [5.74, 6) is 1.15. The van der Waals surface area contributed by atoms with Crippen LogP contribution in [0.5, 0.6) is 0 Å². The molecule has 2 fully saturated rings. The maximum Gasteiger partial charge on any atom is 0.320 e. The zero-order valence-corrected chi connectivity index (χ0v) is 21.3. The van der Waals surface area contributed by atoms with Gasteiger partial charge in [0.15, 0.2) is 11.0 Å². The topological polar surface area (TPSA) is 110 Å². The number of amides is 2. The molecule has 11 heteroatoms. The molecule has 35 heavy (non-hydrogen) atoms. The van der Waals surface area contributed by atoms with Crippen molar-refractivity contribution in [2.45, 2.75) is 43.1 Å². The number of nitrogens with zero attached hydrogens (tertiary/aromatic N) is 6. The minimum atomic E-state index is -0.290. The van der Waals surface area contributed by atoms with Crippen LogP contribution >= 0.6 is 23.1 Å². The molecule has 2 aliphatic heterocycles. The Hall–Kier alpha value is -2.76. The van der Waals surface area contributed by atoms with Crippen molar-refractivity contribution in [1.29, 1.82) is 0 Å². The fourth-order valence-corrected chi connectivity index (χ4v) is 6.03. The van der Waals surface area contributed by atoms with E-state index in [0.29, 0.717) is 42.1 Å². The molecule has 4 heterocycles. The van der Waals surface area contributed by atoms with Gasteiger partial charge in [-0.1, -0.05) is 43.0 Å². The van der Waals surface area contributed by atoms with Crippen LogP contribution < -0.4 is 5.73 Å². The summed E-state index contributed by atoms with van der Waals surface area (Å²) >= 11 is 2.84. The first kappa shape index (κ1) is 24.0. The Bertz CT molecular complexity index is 1170. The minimum absolute atomic E-state index is 0.0192. The number of carbonyl (C=O) groups is 2. The van der Waals surface area contributed by atoms with E-state index in [0.717, 1.165) is 37.1 Å². The van der Waals surface area contributed by atoms with Crippen LogP contribution in [0.2, 0.25) is 0 Å². The number of hydrogen-bond donors (Lipinski definition) is 1. The second kappa shape index (κ2) is 10.5. The van der Waals surface area contributed by atoms with E-state index in [1.807, 2.05) is 34.1 Å². The van der Waals surface area contributed by atoms with E-state index in [1.54, 1.807) is 10.9 Å². The first-order valence-corrected chi connectivity index (χ1v) is 13.8. The first-order valence-electron chi connectivity index (χ1n) is 11.9. The zero-order chi connectivity index (χ0) is 24.4. The van der Waals surface area contributed by atoms with Gasteiger partial charge in [0.05, 0.1) is 5.51 Å². The van der Waals surface area contributed by atoms with E-state index in [1.165, 1.54) is 27.8 Å². The van der Waals surface area contributed by atoms with Crippen molar-refractivity contribution in [1.82, 2.24) is 29.5 Å². The molecule has 0 saturated carbocycles. The number of nitrogens with two attached hydrogens (primary N) is 1. The minimum Gasteiger partial charge on any atom is -0.326 e. The first-order chi connectivity index (χ1) is 17.0. The Morgan fingerprint density at radius 2 is 1.86 bits per heavy atom. The van der Waals surface area contributed by atoms with Crippen LogP contribution in [0.25, 0.3) is 0 Å². The number of aromatic nitrogens is 4. The van der Waals surface area contributed by atoms with E-state index in [4.69, 9.17) is 10.7 Å². The number of thiazole rings is 1. The quantitative estimate of drug-likeness (QED) is 0.505. The highest BCUT2D eigenvalue weighted by Crippen LogP contribution is 2.33. The molecule has 2 amide bonds. The second-order valence-electron chi connectivity index (χ2n) is 9.12. The molecule has 9 nitrogen and oxygen atoms in total. The van der Waals surface area contributed by atoms with Crippen molar-refractivity contribution in [3.05, 3.63) is 57.8 Å². The summed E-state index contributed by atoms with van der Waals surface area (Å²) in [6.45, 7) is 5.52. The zero-order valence-electron chi connectivity index (χ0n) is 19.7. The van der Waals surface area contributed by atoms with E-state index < -0.39 is 0 Å². The number of thioether (sulfide) groups is 1. The molecule has 2 atom stereocenters. The third kappa shape index (κ3) is 5.12. The molecule has 2 N–H and O–H groups in total. The molecule has 0 radical (unpaired) electrons. The van der Waals surface area contributed by atoms with E-state index in [-0.39, 0.29) is 23.8 Å². The highest BCUT2D eigenvalue weighted by molar-refractivity contribution is 7.98. The Morgan fingerprint density at radius 3 is 2.54 bits per heavy atom. The van der Waals surface area contributed by atoms with Gasteiger partial charge in [-0.2, -0.15) is 4.68 Å². The summed E-state index contributed by atoms with van der Waals surface area (Å²) in [6, 6.07) is 8.21. The molecule has 184 valence electrons. The SMILES string of the molecule is CC1CN(C(=O)N2CCCC2)CC1c1nc(SCc2ccc(CN)cc2)n(C(=O)c2cscn2)n1. The Balaban J connectivity index is 1.37. The molecule has 2 aromatic heterocycles. The van der Waals surface area contributed by atoms with Crippen molar-refractivity contribution in [2.75, 3.05) is 26.2 Å². The molecule has 0 spiro atoms. The lowest BCUT2D eigenvalue weighted by Crippen LogP contribution is -2.40. The van der Waals surface area contributed by atoms with Gasteiger partial charge in [-0.05, 0) is 29.9 Å². The normalized spacial score (nSPS) is 20.1. The lowest BCUT2D eigenvalue weighted by atomic mass is 9.98. The van der Waals surface area contributed by atoms with Crippen LogP contribution in [0.15, 0.2) is 40.3 Å². The van der Waals surface area contributed by atoms with Crippen LogP contribution in [-0.2, 0) is 12.3 Å². The number of benzene rings is 1. The van der Waals surface area contributed by atoms with Gasteiger partial charge in [0.1, 0.15) is 5.69 Å². The number of hydrogen-bond acceptors (Lipinski definition) is 8. The lowest BCUT2D eigenvalue weighted by Gasteiger charge is -2.23. The number of rotatable bonds is 6. The van der Waals surface area contributed by atoms with Gasteiger partial charge in [0.2, 0.25) is 0 Å². The predicted octanol–water partition coefficient (Wildman–Crippen LogP) is 3.43. The van der Waals surface area contributed by atoms with E-state index in [9.17, 15) is 9.59 Å². The third-order valence-corrected chi connectivity index (χ3v) is 8.24. The summed E-state index contributed by atoms with van der Waals surface area (Å²) in [7, 11) is 0. The number of likely N-dealkylation sites (tertiary alicyclic amines) is 2. The van der Waals surface area contributed by atoms with E-state index >= 15 is 0 Å². The Labute approximate surface area is 212 Å². The highest BCUT2D eigenvalue weighted by atomic mass is 32.2. The molecular formula is C24H29N7O2S2. The van der Waals surface area contributed by atoms with Gasteiger partial charge < -0.3 is 15.5 Å². The smallest absolute Gasteiger partial charge is 0.320 e. The van der Waals surface area contributed by atoms with Gasteiger partial charge in [0.25, 0.3) is 5.91 Å². The molecule has 2 saturated heterocycles. The average Bonchev–Trinajstić information content (AvgIpc) is 3.68. The molecule has 3 aromatic rings. The second-order valence-corrected chi connectivity index (χ2v) is 10.8. The van der Waals surface area contributed by atoms with Crippen molar-refractivity contribution >= 4 is 35.0 Å². The summed E-state index contributed by atoms with van der Waals surface area (Å²) < 4.78 is 1.38. The largest absolute Gasteiger partial charge is 0.326 e. The molecule has 0 bridgehead atoms. The van der Waals surface area contributed by atoms with Crippen LogP contribution in [0, 0.1) is 5.92 Å². The van der Waals surface area contributed by atoms with Crippen LogP contribution in [0.4, 0.5) is 4.79 Å². The molecule has 5 rings (SSSR count). The molecular weight excluding hydrogens is 482 g/mol. The van der Waals surface area contributed by atoms with E-state index in [2.05, 4.69) is 17.0 Å². The monoisotopic (exact) mass is 511 g/mol. The van der Waals surface area contributed by atoms with Crippen molar-refractivity contribution in [2.24, 2.45) is 11.7 Å². The van der Waals surface area contributed by atoms with Crippen molar-refractivity contribution < 1.29 is 9.59 Å². The summed E-state index contributed by atoms with van der Waals surface area (Å²) in [5.41, 5.74) is 9.88. The van der Waals surface area contributed by atoms with Crippen LogP contribution in [0.3, 0.4) is 0 Å². The maximum absolute atomic E-state index is 13.2. The van der Waals surface area contributed by atoms with Gasteiger partial charge in [0, 0.05) is 49.8 Å². The van der Waals surface area contributed by atoms with Gasteiger partial charge >= 0.3 is 6.03 Å². The Kier molecular flexibility index (Phi) is 7.17. The third-order valence-electron chi connectivity index (χ3n) is 6.66. The van der Waals surface area contributed by atoms with Crippen LogP contribution in [-0.4, -0.2) is 67.7 Å². The van der Waals surface area contributed by atoms with Crippen molar-refractivity contribution in [3.63, 3.8) is 0 Å². The molecule has 2 aliphatic rings. The van der Waals surface area contributed by atoms with Gasteiger partial charge in [-0.15, -0.1) is 16.4 Å². The molecule has 0 aliphatic carbocycles. The highest BCUT2D eigenvalue weighted by Gasteiger charge is 2.38. The average molecular weight is 512 g/mol. The standard InChI is InChI=1S/C24H29N7O2S2/c1-16-11-30(24(33)29-8-2-3-9-29)12-19(16)21-27-23(31(28-21)22(32)20-14-34-15-26-20)35-13-18-6-4-17(10-25)5-7-18/h4-7,14-16,19H,2-3,8-13,25H2,1H3. The summed E-state index contributed by atoms with van der Waals surface area (Å²) in [4.78, 5) is 39.0. The maximum atomic E-state index is 13.2. The molecule has 1 aromatic carbocycles. The van der Waals surface area contributed by atoms with Gasteiger partial charge in [-0.25, -0.2) is 14.8 Å².